The lowest BCUT2D eigenvalue weighted by atomic mass is 10.1. The zero-order chi connectivity index (χ0) is 22.1. The van der Waals surface area contributed by atoms with Crippen LogP contribution in [-0.2, 0) is 16.1 Å². The van der Waals surface area contributed by atoms with Crippen LogP contribution < -0.4 is 16.4 Å². The number of carbonyl (C=O) groups excluding carboxylic acids is 2. The number of carbonyl (C=O) groups is 2. The van der Waals surface area contributed by atoms with Crippen LogP contribution in [0.25, 0.3) is 10.9 Å². The minimum atomic E-state index is -0.0930. The molecule has 164 valence electrons. The number of fused-ring (bicyclic) bond motifs is 1. The summed E-state index contributed by atoms with van der Waals surface area (Å²) in [5.41, 5.74) is 8.70. The van der Waals surface area contributed by atoms with Gasteiger partial charge in [-0.25, -0.2) is 0 Å². The summed E-state index contributed by atoms with van der Waals surface area (Å²) in [5.74, 6) is -0.144. The predicted octanol–water partition coefficient (Wildman–Crippen LogP) is 3.80. The Morgan fingerprint density at radius 2 is 1.81 bits per heavy atom. The highest BCUT2D eigenvalue weighted by atomic mass is 16.5. The number of hydrogen-bond acceptors (Lipinski definition) is 4. The fraction of sp³-hybridized carbons (Fsp3) is 0.333. The average molecular weight is 423 g/mol. The fourth-order valence-electron chi connectivity index (χ4n) is 3.53. The molecule has 0 aliphatic rings. The van der Waals surface area contributed by atoms with E-state index < -0.39 is 0 Å². The highest BCUT2D eigenvalue weighted by Gasteiger charge is 2.15. The van der Waals surface area contributed by atoms with Crippen LogP contribution in [-0.4, -0.2) is 36.6 Å². The zero-order valence-electron chi connectivity index (χ0n) is 17.9. The Morgan fingerprint density at radius 1 is 1.03 bits per heavy atom. The molecular weight excluding hydrogens is 392 g/mol. The summed E-state index contributed by atoms with van der Waals surface area (Å²) < 4.78 is 7.19. The van der Waals surface area contributed by atoms with E-state index in [1.807, 2.05) is 47.0 Å². The standard InChI is InChI=1S/C24H30N4O3/c1-31-16-15-28-21-12-7-4-9-18(21)17-22(28)24(30)26-14-8-2-3-13-23(29)27-20-11-6-5-10-19(20)25/h4-7,9-12,17H,2-3,8,13-16,25H2,1H3,(H,26,30)(H,27,29). The summed E-state index contributed by atoms with van der Waals surface area (Å²) in [7, 11) is 1.65. The molecule has 7 nitrogen and oxygen atoms in total. The smallest absolute Gasteiger partial charge is 0.267 e. The molecule has 7 heteroatoms. The van der Waals surface area contributed by atoms with Gasteiger partial charge in [-0.15, -0.1) is 0 Å². The molecule has 0 saturated heterocycles. The molecule has 0 atom stereocenters. The molecule has 0 unspecified atom stereocenters. The molecule has 31 heavy (non-hydrogen) atoms. The summed E-state index contributed by atoms with van der Waals surface area (Å²) >= 11 is 0. The van der Waals surface area contributed by atoms with Crippen molar-refractivity contribution in [1.29, 1.82) is 0 Å². The summed E-state index contributed by atoms with van der Waals surface area (Å²) in [6, 6.07) is 17.1. The van der Waals surface area contributed by atoms with Crippen molar-refractivity contribution in [2.75, 3.05) is 31.3 Å². The molecule has 2 aromatic carbocycles. The minimum Gasteiger partial charge on any atom is -0.397 e. The molecule has 0 bridgehead atoms. The predicted molar refractivity (Wildman–Crippen MR) is 124 cm³/mol. The van der Waals surface area contributed by atoms with Crippen LogP contribution >= 0.6 is 0 Å². The molecule has 2 amide bonds. The monoisotopic (exact) mass is 422 g/mol. The van der Waals surface area contributed by atoms with Crippen molar-refractivity contribution in [3.8, 4) is 0 Å². The Kier molecular flexibility index (Phi) is 8.06. The number of para-hydroxylation sites is 3. The molecule has 0 saturated carbocycles. The second kappa shape index (κ2) is 11.2. The first-order chi connectivity index (χ1) is 15.1. The van der Waals surface area contributed by atoms with E-state index in [0.29, 0.717) is 43.2 Å². The Hall–Kier alpha value is -3.32. The van der Waals surface area contributed by atoms with Crippen molar-refractivity contribution < 1.29 is 14.3 Å². The quantitative estimate of drug-likeness (QED) is 0.323. The lowest BCUT2D eigenvalue weighted by Crippen LogP contribution is -2.27. The number of nitrogens with two attached hydrogens (primary N) is 1. The third-order valence-corrected chi connectivity index (χ3v) is 5.16. The SMILES string of the molecule is COCCn1c(C(=O)NCCCCCC(=O)Nc2ccccc2N)cc2ccccc21. The van der Waals surface area contributed by atoms with Crippen LogP contribution in [0.2, 0.25) is 0 Å². The van der Waals surface area contributed by atoms with E-state index in [4.69, 9.17) is 10.5 Å². The molecular formula is C24H30N4O3. The van der Waals surface area contributed by atoms with E-state index in [1.165, 1.54) is 0 Å². The average Bonchev–Trinajstić information content (AvgIpc) is 3.15. The fourth-order valence-corrected chi connectivity index (χ4v) is 3.53. The largest absolute Gasteiger partial charge is 0.397 e. The number of nitrogen functional groups attached to an aromatic ring is 1. The van der Waals surface area contributed by atoms with Crippen molar-refractivity contribution in [3.05, 3.63) is 60.3 Å². The third kappa shape index (κ3) is 6.08. The number of methoxy groups -OCH3 is 1. The van der Waals surface area contributed by atoms with Gasteiger partial charge in [0.1, 0.15) is 5.69 Å². The van der Waals surface area contributed by atoms with E-state index in [0.717, 1.165) is 30.2 Å². The number of unbranched alkanes of at least 4 members (excludes halogenated alkanes) is 2. The second-order valence-electron chi connectivity index (χ2n) is 7.43. The van der Waals surface area contributed by atoms with Gasteiger partial charge in [0.25, 0.3) is 5.91 Å². The molecule has 3 rings (SSSR count). The van der Waals surface area contributed by atoms with E-state index in [2.05, 4.69) is 10.6 Å². The summed E-state index contributed by atoms with van der Waals surface area (Å²) in [5, 5.41) is 6.86. The van der Waals surface area contributed by atoms with E-state index in [9.17, 15) is 9.59 Å². The van der Waals surface area contributed by atoms with Crippen LogP contribution in [0.15, 0.2) is 54.6 Å². The minimum absolute atomic E-state index is 0.0513. The highest BCUT2D eigenvalue weighted by molar-refractivity contribution is 5.98. The van der Waals surface area contributed by atoms with Crippen molar-refractivity contribution in [2.24, 2.45) is 0 Å². The molecule has 1 heterocycles. The van der Waals surface area contributed by atoms with E-state index in [-0.39, 0.29) is 11.8 Å². The van der Waals surface area contributed by atoms with Crippen molar-refractivity contribution in [3.63, 3.8) is 0 Å². The molecule has 1 aromatic heterocycles. The van der Waals surface area contributed by atoms with Gasteiger partial charge in [0, 0.05) is 37.5 Å². The third-order valence-electron chi connectivity index (χ3n) is 5.16. The van der Waals surface area contributed by atoms with Crippen LogP contribution in [0, 0.1) is 0 Å². The van der Waals surface area contributed by atoms with Crippen LogP contribution in [0.5, 0.6) is 0 Å². The lowest BCUT2D eigenvalue weighted by molar-refractivity contribution is -0.116. The summed E-state index contributed by atoms with van der Waals surface area (Å²) in [6.45, 7) is 1.72. The summed E-state index contributed by atoms with van der Waals surface area (Å²) in [4.78, 5) is 24.8. The highest BCUT2D eigenvalue weighted by Crippen LogP contribution is 2.20. The van der Waals surface area contributed by atoms with Crippen molar-refractivity contribution in [1.82, 2.24) is 9.88 Å². The topological polar surface area (TPSA) is 98.4 Å². The number of nitrogens with one attached hydrogen (secondary N) is 2. The molecule has 3 aromatic rings. The normalized spacial score (nSPS) is 10.9. The second-order valence-corrected chi connectivity index (χ2v) is 7.43. The van der Waals surface area contributed by atoms with Gasteiger partial charge in [-0.2, -0.15) is 0 Å². The Morgan fingerprint density at radius 3 is 2.61 bits per heavy atom. The Balaban J connectivity index is 1.42. The van der Waals surface area contributed by atoms with Gasteiger partial charge in [-0.1, -0.05) is 36.8 Å². The van der Waals surface area contributed by atoms with Crippen LogP contribution in [0.1, 0.15) is 36.2 Å². The molecule has 0 aliphatic heterocycles. The van der Waals surface area contributed by atoms with Gasteiger partial charge in [-0.05, 0) is 37.1 Å². The number of rotatable bonds is 11. The van der Waals surface area contributed by atoms with Crippen LogP contribution in [0.4, 0.5) is 11.4 Å². The number of amides is 2. The van der Waals surface area contributed by atoms with Gasteiger partial charge in [0.2, 0.25) is 5.91 Å². The molecule has 0 radical (unpaired) electrons. The molecule has 0 fully saturated rings. The van der Waals surface area contributed by atoms with Gasteiger partial charge < -0.3 is 25.7 Å². The zero-order valence-corrected chi connectivity index (χ0v) is 17.9. The first-order valence-electron chi connectivity index (χ1n) is 10.6. The number of ether oxygens (including phenoxy) is 1. The Bertz CT molecular complexity index is 1030. The summed E-state index contributed by atoms with van der Waals surface area (Å²) in [6.07, 6.45) is 2.84. The number of anilines is 2. The maximum Gasteiger partial charge on any atom is 0.267 e. The maximum atomic E-state index is 12.7. The van der Waals surface area contributed by atoms with E-state index >= 15 is 0 Å². The van der Waals surface area contributed by atoms with E-state index in [1.54, 1.807) is 19.2 Å². The number of benzene rings is 2. The number of nitrogens with zero attached hydrogens (tertiary/aromatic N) is 1. The van der Waals surface area contributed by atoms with Crippen LogP contribution in [0.3, 0.4) is 0 Å². The van der Waals surface area contributed by atoms with Crippen molar-refractivity contribution in [2.45, 2.75) is 32.2 Å². The maximum absolute atomic E-state index is 12.7. The number of aromatic nitrogens is 1. The first kappa shape index (κ1) is 22.4. The first-order valence-corrected chi connectivity index (χ1v) is 10.6. The Labute approximate surface area is 182 Å². The van der Waals surface area contributed by atoms with Gasteiger partial charge in [0.05, 0.1) is 18.0 Å². The van der Waals surface area contributed by atoms with Gasteiger partial charge in [-0.3, -0.25) is 9.59 Å². The molecule has 0 spiro atoms. The molecule has 4 N–H and O–H groups in total. The lowest BCUT2D eigenvalue weighted by Gasteiger charge is -2.11. The van der Waals surface area contributed by atoms with Gasteiger partial charge >= 0.3 is 0 Å². The van der Waals surface area contributed by atoms with Gasteiger partial charge in [0.15, 0.2) is 0 Å². The number of hydrogen-bond donors (Lipinski definition) is 3. The molecule has 0 aliphatic carbocycles. The van der Waals surface area contributed by atoms with Crippen molar-refractivity contribution >= 4 is 34.1 Å².